The normalized spacial score (nSPS) is 19.9. The van der Waals surface area contributed by atoms with E-state index < -0.39 is 6.36 Å². The molecule has 1 fully saturated rings. The van der Waals surface area contributed by atoms with Crippen molar-refractivity contribution in [1.82, 2.24) is 5.43 Å². The maximum absolute atomic E-state index is 12.5. The summed E-state index contributed by atoms with van der Waals surface area (Å²) in [5, 5.41) is 0. The fourth-order valence-electron chi connectivity index (χ4n) is 3.07. The molecule has 1 atom stereocenters. The number of nitrogens with two attached hydrogens (primary N) is 1. The van der Waals surface area contributed by atoms with E-state index in [9.17, 15) is 13.2 Å². The number of hydrazine groups is 1. The third-order valence-corrected chi connectivity index (χ3v) is 4.07. The van der Waals surface area contributed by atoms with E-state index in [1.54, 1.807) is 12.1 Å². The van der Waals surface area contributed by atoms with Crippen molar-refractivity contribution < 1.29 is 17.9 Å². The van der Waals surface area contributed by atoms with Gasteiger partial charge in [-0.2, -0.15) is 0 Å². The molecule has 0 heterocycles. The summed E-state index contributed by atoms with van der Waals surface area (Å²) in [5.74, 6) is 5.43. The van der Waals surface area contributed by atoms with E-state index in [4.69, 9.17) is 5.84 Å². The summed E-state index contributed by atoms with van der Waals surface area (Å²) in [6.45, 7) is 2.05. The molecule has 0 saturated heterocycles. The van der Waals surface area contributed by atoms with E-state index in [1.165, 1.54) is 12.1 Å². The van der Waals surface area contributed by atoms with E-state index in [-0.39, 0.29) is 17.2 Å². The van der Waals surface area contributed by atoms with E-state index in [1.807, 2.05) is 0 Å². The molecule has 0 bridgehead atoms. The first-order valence-electron chi connectivity index (χ1n) is 6.66. The molecule has 20 heavy (non-hydrogen) atoms. The van der Waals surface area contributed by atoms with Crippen LogP contribution in [-0.2, 0) is 0 Å². The van der Waals surface area contributed by atoms with Crippen LogP contribution in [0.25, 0.3) is 0 Å². The average Bonchev–Trinajstić information content (AvgIpc) is 2.78. The van der Waals surface area contributed by atoms with Gasteiger partial charge in [-0.05, 0) is 24.3 Å². The fraction of sp³-hybridized carbons (Fsp3) is 0.571. The molecule has 2 rings (SSSR count). The predicted octanol–water partition coefficient (Wildman–Crippen LogP) is 3.67. The van der Waals surface area contributed by atoms with Crippen LogP contribution in [0.1, 0.15) is 44.2 Å². The molecule has 1 unspecified atom stereocenters. The van der Waals surface area contributed by atoms with Crippen LogP contribution in [0.2, 0.25) is 0 Å². The highest BCUT2D eigenvalue weighted by Gasteiger charge is 2.40. The quantitative estimate of drug-likeness (QED) is 0.656. The molecule has 112 valence electrons. The second-order valence-electron chi connectivity index (χ2n) is 5.55. The molecular weight excluding hydrogens is 269 g/mol. The Morgan fingerprint density at radius 1 is 1.25 bits per heavy atom. The minimum atomic E-state index is -4.70. The molecule has 1 aromatic carbocycles. The zero-order valence-corrected chi connectivity index (χ0v) is 11.3. The topological polar surface area (TPSA) is 47.3 Å². The number of hydrogen-bond donors (Lipinski definition) is 2. The van der Waals surface area contributed by atoms with Crippen molar-refractivity contribution in [3.05, 3.63) is 29.8 Å². The number of alkyl halides is 3. The lowest BCUT2D eigenvalue weighted by molar-refractivity contribution is -0.275. The molecule has 0 spiro atoms. The molecular formula is C14H19F3N2O. The number of para-hydroxylation sites is 1. The second kappa shape index (κ2) is 5.61. The number of rotatable bonds is 4. The van der Waals surface area contributed by atoms with Crippen LogP contribution in [0, 0.1) is 5.41 Å². The van der Waals surface area contributed by atoms with Gasteiger partial charge >= 0.3 is 6.36 Å². The number of benzene rings is 1. The highest BCUT2D eigenvalue weighted by Crippen LogP contribution is 2.48. The lowest BCUT2D eigenvalue weighted by atomic mass is 9.77. The van der Waals surface area contributed by atoms with Crippen LogP contribution in [0.15, 0.2) is 24.3 Å². The maximum atomic E-state index is 12.5. The largest absolute Gasteiger partial charge is 0.573 e. The Morgan fingerprint density at radius 2 is 1.85 bits per heavy atom. The Labute approximate surface area is 116 Å². The summed E-state index contributed by atoms with van der Waals surface area (Å²) >= 11 is 0. The number of nitrogens with one attached hydrogen (secondary N) is 1. The van der Waals surface area contributed by atoms with E-state index >= 15 is 0 Å². The van der Waals surface area contributed by atoms with Gasteiger partial charge in [0.25, 0.3) is 0 Å². The summed E-state index contributed by atoms with van der Waals surface area (Å²) < 4.78 is 41.6. The standard InChI is InChI=1S/C14H19F3N2O/c1-13(8-4-5-9-13)12(19-18)10-6-2-3-7-11(10)20-14(15,16)17/h2-3,6-7,12,19H,4-5,8-9,18H2,1H3. The van der Waals surface area contributed by atoms with Gasteiger partial charge in [-0.25, -0.2) is 0 Å². The van der Waals surface area contributed by atoms with Gasteiger partial charge in [0.05, 0.1) is 6.04 Å². The average molecular weight is 288 g/mol. The lowest BCUT2D eigenvalue weighted by Crippen LogP contribution is -2.39. The SMILES string of the molecule is CC1(C(NN)c2ccccc2OC(F)(F)F)CCCC1. The molecule has 6 heteroatoms. The van der Waals surface area contributed by atoms with Crippen LogP contribution in [0.5, 0.6) is 5.75 Å². The van der Waals surface area contributed by atoms with Gasteiger partial charge in [-0.1, -0.05) is 38.0 Å². The van der Waals surface area contributed by atoms with Gasteiger partial charge < -0.3 is 4.74 Å². The molecule has 0 amide bonds. The zero-order chi connectivity index (χ0) is 14.8. The summed E-state index contributed by atoms with van der Waals surface area (Å²) in [5.41, 5.74) is 2.98. The first-order chi connectivity index (χ1) is 9.36. The molecule has 1 aromatic rings. The van der Waals surface area contributed by atoms with Gasteiger partial charge in [-0.15, -0.1) is 13.2 Å². The summed E-state index contributed by atoms with van der Waals surface area (Å²) in [7, 11) is 0. The minimum Gasteiger partial charge on any atom is -0.405 e. The van der Waals surface area contributed by atoms with Gasteiger partial charge in [-0.3, -0.25) is 11.3 Å². The van der Waals surface area contributed by atoms with Crippen molar-refractivity contribution >= 4 is 0 Å². The second-order valence-corrected chi connectivity index (χ2v) is 5.55. The van der Waals surface area contributed by atoms with Crippen LogP contribution in [0.3, 0.4) is 0 Å². The van der Waals surface area contributed by atoms with Gasteiger partial charge in [0, 0.05) is 5.56 Å². The van der Waals surface area contributed by atoms with Crippen LogP contribution >= 0.6 is 0 Å². The maximum Gasteiger partial charge on any atom is 0.573 e. The molecule has 0 radical (unpaired) electrons. The van der Waals surface area contributed by atoms with Crippen LogP contribution < -0.4 is 16.0 Å². The number of hydrogen-bond acceptors (Lipinski definition) is 3. The van der Waals surface area contributed by atoms with Crippen molar-refractivity contribution in [2.45, 2.75) is 45.0 Å². The van der Waals surface area contributed by atoms with E-state index in [0.29, 0.717) is 5.56 Å². The third kappa shape index (κ3) is 3.24. The summed E-state index contributed by atoms with van der Waals surface area (Å²) in [4.78, 5) is 0. The summed E-state index contributed by atoms with van der Waals surface area (Å²) in [6.07, 6.45) is -0.704. The fourth-order valence-corrected chi connectivity index (χ4v) is 3.07. The van der Waals surface area contributed by atoms with E-state index in [2.05, 4.69) is 17.1 Å². The van der Waals surface area contributed by atoms with E-state index in [0.717, 1.165) is 25.7 Å². The molecule has 0 aliphatic heterocycles. The van der Waals surface area contributed by atoms with Gasteiger partial charge in [0.1, 0.15) is 5.75 Å². The Hall–Kier alpha value is -1.27. The van der Waals surface area contributed by atoms with Gasteiger partial charge in [0.2, 0.25) is 0 Å². The predicted molar refractivity (Wildman–Crippen MR) is 69.8 cm³/mol. The molecule has 3 N–H and O–H groups in total. The monoisotopic (exact) mass is 288 g/mol. The smallest absolute Gasteiger partial charge is 0.405 e. The highest BCUT2D eigenvalue weighted by molar-refractivity contribution is 5.37. The minimum absolute atomic E-state index is 0.153. The molecule has 1 aliphatic rings. The van der Waals surface area contributed by atoms with Crippen molar-refractivity contribution in [1.29, 1.82) is 0 Å². The van der Waals surface area contributed by atoms with Crippen molar-refractivity contribution in [2.24, 2.45) is 11.3 Å². The Bertz CT molecular complexity index is 456. The first-order valence-corrected chi connectivity index (χ1v) is 6.66. The van der Waals surface area contributed by atoms with Crippen molar-refractivity contribution in [3.63, 3.8) is 0 Å². The highest BCUT2D eigenvalue weighted by atomic mass is 19.4. The zero-order valence-electron chi connectivity index (χ0n) is 11.3. The molecule has 3 nitrogen and oxygen atoms in total. The third-order valence-electron chi connectivity index (χ3n) is 4.07. The summed E-state index contributed by atoms with van der Waals surface area (Å²) in [6, 6.07) is 5.82. The van der Waals surface area contributed by atoms with Gasteiger partial charge in [0.15, 0.2) is 0 Å². The first kappa shape index (κ1) is 15.1. The van der Waals surface area contributed by atoms with Crippen LogP contribution in [-0.4, -0.2) is 6.36 Å². The van der Waals surface area contributed by atoms with Crippen molar-refractivity contribution in [3.8, 4) is 5.75 Å². The molecule has 1 aliphatic carbocycles. The molecule has 0 aromatic heterocycles. The van der Waals surface area contributed by atoms with Crippen LogP contribution in [0.4, 0.5) is 13.2 Å². The molecule has 1 saturated carbocycles. The lowest BCUT2D eigenvalue weighted by Gasteiger charge is -2.34. The number of halogens is 3. The van der Waals surface area contributed by atoms with Crippen molar-refractivity contribution in [2.75, 3.05) is 0 Å². The number of ether oxygens (including phenoxy) is 1. The Kier molecular flexibility index (Phi) is 4.25. The Morgan fingerprint density at radius 3 is 2.40 bits per heavy atom. The Balaban J connectivity index is 2.34.